The SMILES string of the molecule is CN1/C(=C\C=C\c2sc3c4ccccc4ccc3[n+]2C)C(C)(Cc2ccc(CC3(C)/C(=C/C=C/c4sc5c6ccccc6ccc5[n+]4C)N(C)c4ccccc43)cc2)c2ccccc21. The minimum absolute atomic E-state index is 0.199. The largest absolute Gasteiger partial charge is 0.347 e. The summed E-state index contributed by atoms with van der Waals surface area (Å²) in [5.41, 5.74) is 12.7. The summed E-state index contributed by atoms with van der Waals surface area (Å²) in [6.07, 6.45) is 15.6. The van der Waals surface area contributed by atoms with Gasteiger partial charge in [0.15, 0.2) is 0 Å². The number of aryl methyl sites for hydroxylation is 2. The maximum atomic E-state index is 2.42. The summed E-state index contributed by atoms with van der Waals surface area (Å²) < 4.78 is 7.31. The Hall–Kier alpha value is -6.60. The average molecular weight is 869 g/mol. The van der Waals surface area contributed by atoms with Crippen molar-refractivity contribution in [3.8, 4) is 0 Å². The Labute approximate surface area is 384 Å². The van der Waals surface area contributed by atoms with Crippen molar-refractivity contribution in [2.75, 3.05) is 23.9 Å². The normalized spacial score (nSPS) is 19.8. The lowest BCUT2D eigenvalue weighted by molar-refractivity contribution is -0.642. The van der Waals surface area contributed by atoms with Gasteiger partial charge in [0.05, 0.1) is 0 Å². The summed E-state index contributed by atoms with van der Waals surface area (Å²) in [5, 5.41) is 7.66. The maximum absolute atomic E-state index is 2.42. The van der Waals surface area contributed by atoms with Crippen molar-refractivity contribution in [1.82, 2.24) is 0 Å². The quantitative estimate of drug-likeness (QED) is 0.141. The third-order valence-electron chi connectivity index (χ3n) is 14.2. The monoisotopic (exact) mass is 868 g/mol. The molecule has 0 N–H and O–H groups in total. The minimum Gasteiger partial charge on any atom is -0.347 e. The lowest BCUT2D eigenvalue weighted by Gasteiger charge is -2.30. The van der Waals surface area contributed by atoms with E-state index < -0.39 is 0 Å². The van der Waals surface area contributed by atoms with Crippen LogP contribution in [-0.4, -0.2) is 14.1 Å². The molecule has 0 saturated heterocycles. The molecule has 0 aliphatic carbocycles. The van der Waals surface area contributed by atoms with E-state index >= 15 is 0 Å². The van der Waals surface area contributed by atoms with Crippen molar-refractivity contribution in [2.24, 2.45) is 14.1 Å². The first-order chi connectivity index (χ1) is 31.1. The van der Waals surface area contributed by atoms with Crippen LogP contribution in [0.4, 0.5) is 11.4 Å². The van der Waals surface area contributed by atoms with Crippen LogP contribution in [0.25, 0.3) is 54.1 Å². The summed E-state index contributed by atoms with van der Waals surface area (Å²) in [6.45, 7) is 4.85. The first kappa shape index (κ1) is 40.2. The number of allylic oxidation sites excluding steroid dienone is 6. The van der Waals surface area contributed by atoms with E-state index in [4.69, 9.17) is 0 Å². The summed E-state index contributed by atoms with van der Waals surface area (Å²) >= 11 is 3.72. The highest BCUT2D eigenvalue weighted by Crippen LogP contribution is 2.51. The fourth-order valence-electron chi connectivity index (χ4n) is 10.8. The van der Waals surface area contributed by atoms with Crippen molar-refractivity contribution in [2.45, 2.75) is 37.5 Å². The topological polar surface area (TPSA) is 14.2 Å². The third-order valence-corrected chi connectivity index (χ3v) is 16.7. The van der Waals surface area contributed by atoms with Gasteiger partial charge in [-0.15, -0.1) is 0 Å². The van der Waals surface area contributed by atoms with E-state index in [1.807, 2.05) is 22.7 Å². The zero-order valence-corrected chi connectivity index (χ0v) is 39.0. The minimum atomic E-state index is -0.199. The number of nitrogens with zero attached hydrogens (tertiary/aromatic N) is 4. The number of fused-ring (bicyclic) bond motifs is 8. The summed E-state index contributed by atoms with van der Waals surface area (Å²) in [6, 6.07) is 53.7. The second-order valence-corrected chi connectivity index (χ2v) is 20.1. The molecule has 6 heteroatoms. The lowest BCUT2D eigenvalue weighted by atomic mass is 9.75. The van der Waals surface area contributed by atoms with Crippen LogP contribution in [0.3, 0.4) is 0 Å². The maximum Gasteiger partial charge on any atom is 0.262 e. The molecule has 314 valence electrons. The van der Waals surface area contributed by atoms with Crippen LogP contribution >= 0.6 is 22.7 Å². The van der Waals surface area contributed by atoms with E-state index in [2.05, 4.69) is 243 Å². The number of para-hydroxylation sites is 2. The Kier molecular flexibility index (Phi) is 9.79. The first-order valence-electron chi connectivity index (χ1n) is 22.2. The Bertz CT molecular complexity index is 3210. The second-order valence-electron chi connectivity index (χ2n) is 18.1. The van der Waals surface area contributed by atoms with Crippen molar-refractivity contribution >= 4 is 88.2 Å². The van der Waals surface area contributed by atoms with Gasteiger partial charge < -0.3 is 9.80 Å². The molecule has 0 fully saturated rings. The van der Waals surface area contributed by atoms with E-state index in [0.717, 1.165) is 12.8 Å². The molecule has 9 aromatic rings. The first-order valence-corrected chi connectivity index (χ1v) is 23.9. The Morgan fingerprint density at radius 1 is 0.484 bits per heavy atom. The highest BCUT2D eigenvalue weighted by Gasteiger charge is 2.43. The third kappa shape index (κ3) is 6.45. The van der Waals surface area contributed by atoms with Gasteiger partial charge in [0, 0.05) is 82.8 Å². The van der Waals surface area contributed by atoms with Crippen LogP contribution in [0.15, 0.2) is 181 Å². The molecule has 4 nitrogen and oxygen atoms in total. The van der Waals surface area contributed by atoms with Gasteiger partial charge in [0.25, 0.3) is 10.0 Å². The Balaban J connectivity index is 0.879. The molecule has 2 aromatic heterocycles. The Morgan fingerprint density at radius 2 is 0.875 bits per heavy atom. The number of rotatable bonds is 8. The molecule has 4 heterocycles. The fraction of sp³-hybridized carbons (Fsp3) is 0.172. The van der Waals surface area contributed by atoms with Crippen molar-refractivity contribution < 1.29 is 9.13 Å². The van der Waals surface area contributed by atoms with Crippen LogP contribution in [0.2, 0.25) is 0 Å². The molecule has 0 bridgehead atoms. The van der Waals surface area contributed by atoms with Gasteiger partial charge in [0.1, 0.15) is 23.5 Å². The molecule has 0 saturated carbocycles. The number of anilines is 2. The molecule has 2 aliphatic heterocycles. The lowest BCUT2D eigenvalue weighted by Crippen LogP contribution is -2.29. The van der Waals surface area contributed by atoms with Crippen molar-refractivity contribution in [1.29, 1.82) is 0 Å². The molecular weight excluding hydrogens is 817 g/mol. The zero-order chi connectivity index (χ0) is 43.7. The van der Waals surface area contributed by atoms with E-state index in [1.54, 1.807) is 0 Å². The van der Waals surface area contributed by atoms with E-state index in [0.29, 0.717) is 0 Å². The van der Waals surface area contributed by atoms with Gasteiger partial charge in [-0.25, -0.2) is 0 Å². The van der Waals surface area contributed by atoms with Crippen LogP contribution in [-0.2, 0) is 37.8 Å². The van der Waals surface area contributed by atoms with Crippen LogP contribution in [0.1, 0.15) is 46.1 Å². The predicted octanol–water partition coefficient (Wildman–Crippen LogP) is 13.2. The number of aromatic nitrogens is 2. The fourth-order valence-corrected chi connectivity index (χ4v) is 13.2. The van der Waals surface area contributed by atoms with Crippen LogP contribution in [0.5, 0.6) is 0 Å². The van der Waals surface area contributed by atoms with Crippen molar-refractivity contribution in [3.63, 3.8) is 0 Å². The van der Waals surface area contributed by atoms with Gasteiger partial charge in [-0.2, -0.15) is 9.13 Å². The number of benzene rings is 7. The molecule has 2 aliphatic rings. The zero-order valence-electron chi connectivity index (χ0n) is 37.3. The molecule has 0 spiro atoms. The van der Waals surface area contributed by atoms with E-state index in [1.165, 1.54) is 97.0 Å². The van der Waals surface area contributed by atoms with Gasteiger partial charge in [-0.3, -0.25) is 0 Å². The number of hydrogen-bond donors (Lipinski definition) is 0. The van der Waals surface area contributed by atoms with Gasteiger partial charge in [-0.1, -0.05) is 144 Å². The number of thiazole rings is 2. The average Bonchev–Trinajstić information content (AvgIpc) is 3.96. The highest BCUT2D eigenvalue weighted by molar-refractivity contribution is 7.20. The van der Waals surface area contributed by atoms with E-state index in [9.17, 15) is 0 Å². The highest BCUT2D eigenvalue weighted by atomic mass is 32.1. The second kappa shape index (κ2) is 15.6. The summed E-state index contributed by atoms with van der Waals surface area (Å²) in [5.74, 6) is 0. The molecule has 2 atom stereocenters. The number of likely N-dealkylation sites (N-methyl/N-ethyl adjacent to an activating group) is 2. The molecule has 11 rings (SSSR count). The number of hydrogen-bond acceptors (Lipinski definition) is 4. The summed E-state index contributed by atoms with van der Waals surface area (Å²) in [7, 11) is 8.80. The van der Waals surface area contributed by atoms with Crippen LogP contribution < -0.4 is 18.9 Å². The standard InChI is InChI=1S/C58H52N4S2/c1-57(45-21-11-13-23-47(45)59(3)51(57)25-15-27-53-61(5)49-35-33-41-17-7-9-19-43(41)55(49)63-53)37-39-29-31-40(32-30-39)38-58(2)46-22-12-14-24-48(46)60(4)52(58)26-16-28-54-62(6)50-36-34-42-18-8-10-20-44(42)56(50)64-54/h7-36H,37-38H2,1-6H3/q+2. The van der Waals surface area contributed by atoms with Gasteiger partial charge >= 0.3 is 0 Å². The summed E-state index contributed by atoms with van der Waals surface area (Å²) in [4.78, 5) is 4.79. The van der Waals surface area contributed by atoms with Crippen molar-refractivity contribution in [3.05, 3.63) is 214 Å². The molecular formula is C58H52N4S2+2. The molecule has 2 unspecified atom stereocenters. The van der Waals surface area contributed by atoms with Gasteiger partial charge in [0.2, 0.25) is 11.0 Å². The van der Waals surface area contributed by atoms with E-state index in [-0.39, 0.29) is 10.8 Å². The smallest absolute Gasteiger partial charge is 0.262 e. The molecule has 0 radical (unpaired) electrons. The van der Waals surface area contributed by atoms with Gasteiger partial charge in [-0.05, 0) is 96.1 Å². The predicted molar refractivity (Wildman–Crippen MR) is 273 cm³/mol. The Morgan fingerprint density at radius 3 is 1.31 bits per heavy atom. The molecule has 64 heavy (non-hydrogen) atoms. The molecule has 7 aromatic carbocycles. The van der Waals surface area contributed by atoms with Crippen LogP contribution in [0, 0.1) is 0 Å². The molecule has 0 amide bonds.